The molecular formula is C19H19NO4S. The van der Waals surface area contributed by atoms with Gasteiger partial charge in [0, 0.05) is 29.5 Å². The summed E-state index contributed by atoms with van der Waals surface area (Å²) in [5.41, 5.74) is 1.30. The number of anilines is 1. The Balaban J connectivity index is 1.60. The van der Waals surface area contributed by atoms with Crippen molar-refractivity contribution in [2.45, 2.75) is 18.2 Å². The van der Waals surface area contributed by atoms with E-state index in [4.69, 9.17) is 9.47 Å². The van der Waals surface area contributed by atoms with Crippen molar-refractivity contribution in [3.63, 3.8) is 0 Å². The minimum Gasteiger partial charge on any atom is -0.490 e. The molecule has 0 aromatic heterocycles. The first-order chi connectivity index (χ1) is 12.1. The van der Waals surface area contributed by atoms with E-state index in [1.54, 1.807) is 24.3 Å². The van der Waals surface area contributed by atoms with Crippen LogP contribution in [0.15, 0.2) is 47.4 Å². The van der Waals surface area contributed by atoms with Crippen molar-refractivity contribution in [3.05, 3.63) is 48.0 Å². The molecule has 0 bridgehead atoms. The van der Waals surface area contributed by atoms with E-state index in [1.807, 2.05) is 18.2 Å². The predicted molar refractivity (Wildman–Crippen MR) is 97.8 cm³/mol. The number of carbonyl (C=O) groups is 2. The highest BCUT2D eigenvalue weighted by Gasteiger charge is 2.12. The molecule has 5 nitrogen and oxygen atoms in total. The van der Waals surface area contributed by atoms with Crippen molar-refractivity contribution >= 4 is 29.1 Å². The molecule has 0 fully saturated rings. The van der Waals surface area contributed by atoms with Crippen LogP contribution in [0.25, 0.3) is 0 Å². The molecule has 130 valence electrons. The van der Waals surface area contributed by atoms with Gasteiger partial charge in [-0.25, -0.2) is 0 Å². The second kappa shape index (κ2) is 8.07. The molecule has 0 saturated carbocycles. The number of thioether (sulfide) groups is 1. The van der Waals surface area contributed by atoms with Crippen molar-refractivity contribution in [3.8, 4) is 11.5 Å². The van der Waals surface area contributed by atoms with Crippen LogP contribution in [-0.2, 0) is 4.79 Å². The lowest BCUT2D eigenvalue weighted by Crippen LogP contribution is -2.07. The zero-order chi connectivity index (χ0) is 17.6. The first-order valence-electron chi connectivity index (χ1n) is 8.05. The van der Waals surface area contributed by atoms with E-state index in [-0.39, 0.29) is 11.7 Å². The zero-order valence-electron chi connectivity index (χ0n) is 13.9. The minimum atomic E-state index is -0.135. The molecule has 3 rings (SSSR count). The SMILES string of the molecule is CC(=O)Nc1ccc(C(=O)CSc2ccc3c(c2)OCCCO3)cc1. The first kappa shape index (κ1) is 17.4. The second-order valence-corrected chi connectivity index (χ2v) is 6.68. The van der Waals surface area contributed by atoms with Gasteiger partial charge in [0.25, 0.3) is 0 Å². The van der Waals surface area contributed by atoms with Gasteiger partial charge < -0.3 is 14.8 Å². The quantitative estimate of drug-likeness (QED) is 0.652. The van der Waals surface area contributed by atoms with Gasteiger partial charge in [-0.3, -0.25) is 9.59 Å². The van der Waals surface area contributed by atoms with Crippen molar-refractivity contribution in [1.82, 2.24) is 0 Å². The molecule has 25 heavy (non-hydrogen) atoms. The normalized spacial score (nSPS) is 13.0. The number of hydrogen-bond donors (Lipinski definition) is 1. The maximum Gasteiger partial charge on any atom is 0.221 e. The summed E-state index contributed by atoms with van der Waals surface area (Å²) >= 11 is 1.46. The van der Waals surface area contributed by atoms with Gasteiger partial charge in [-0.05, 0) is 42.5 Å². The molecule has 0 unspecified atom stereocenters. The zero-order valence-corrected chi connectivity index (χ0v) is 14.7. The number of nitrogens with one attached hydrogen (secondary N) is 1. The van der Waals surface area contributed by atoms with E-state index < -0.39 is 0 Å². The van der Waals surface area contributed by atoms with Gasteiger partial charge in [0.05, 0.1) is 19.0 Å². The first-order valence-corrected chi connectivity index (χ1v) is 9.04. The van der Waals surface area contributed by atoms with E-state index in [0.29, 0.717) is 30.2 Å². The van der Waals surface area contributed by atoms with E-state index in [2.05, 4.69) is 5.32 Å². The lowest BCUT2D eigenvalue weighted by atomic mass is 10.1. The molecular weight excluding hydrogens is 338 g/mol. The van der Waals surface area contributed by atoms with Crippen LogP contribution in [0.2, 0.25) is 0 Å². The van der Waals surface area contributed by atoms with Gasteiger partial charge in [0.1, 0.15) is 0 Å². The number of rotatable bonds is 5. The Morgan fingerprint density at radius 1 is 1.04 bits per heavy atom. The fourth-order valence-corrected chi connectivity index (χ4v) is 3.23. The lowest BCUT2D eigenvalue weighted by molar-refractivity contribution is -0.114. The molecule has 1 aliphatic heterocycles. The monoisotopic (exact) mass is 357 g/mol. The third-order valence-electron chi connectivity index (χ3n) is 3.62. The summed E-state index contributed by atoms with van der Waals surface area (Å²) in [6.45, 7) is 2.75. The van der Waals surface area contributed by atoms with Gasteiger partial charge in [-0.1, -0.05) is 0 Å². The average molecular weight is 357 g/mol. The number of ketones is 1. The molecule has 1 aliphatic rings. The van der Waals surface area contributed by atoms with Crippen LogP contribution >= 0.6 is 11.8 Å². The Hall–Kier alpha value is -2.47. The fourth-order valence-electron chi connectivity index (χ4n) is 2.41. The maximum atomic E-state index is 12.3. The molecule has 1 amide bonds. The molecule has 6 heteroatoms. The Kier molecular flexibility index (Phi) is 5.60. The Labute approximate surface area is 150 Å². The summed E-state index contributed by atoms with van der Waals surface area (Å²) in [5.74, 6) is 1.71. The lowest BCUT2D eigenvalue weighted by Gasteiger charge is -2.09. The van der Waals surface area contributed by atoms with Crippen LogP contribution in [0.5, 0.6) is 11.5 Å². The van der Waals surface area contributed by atoms with Crippen LogP contribution in [0.3, 0.4) is 0 Å². The van der Waals surface area contributed by atoms with E-state index >= 15 is 0 Å². The predicted octanol–water partition coefficient (Wildman–Crippen LogP) is 3.78. The van der Waals surface area contributed by atoms with Crippen molar-refractivity contribution in [2.24, 2.45) is 0 Å². The molecule has 1 heterocycles. The highest BCUT2D eigenvalue weighted by Crippen LogP contribution is 2.34. The molecule has 0 saturated heterocycles. The summed E-state index contributed by atoms with van der Waals surface area (Å²) in [6, 6.07) is 12.6. The number of carbonyl (C=O) groups excluding carboxylic acids is 2. The van der Waals surface area contributed by atoms with Gasteiger partial charge in [-0.2, -0.15) is 0 Å². The fraction of sp³-hybridized carbons (Fsp3) is 0.263. The van der Waals surface area contributed by atoms with E-state index in [0.717, 1.165) is 22.8 Å². The topological polar surface area (TPSA) is 64.6 Å². The number of Topliss-reactive ketones (excluding diaryl/α,β-unsaturated/α-hetero) is 1. The third-order valence-corrected chi connectivity index (χ3v) is 4.61. The molecule has 2 aromatic rings. The standard InChI is InChI=1S/C19H19NO4S/c1-13(21)20-15-5-3-14(4-6-15)17(22)12-25-16-7-8-18-19(11-16)24-10-2-9-23-18/h3-8,11H,2,9-10,12H2,1H3,(H,20,21). The molecule has 0 spiro atoms. The summed E-state index contributed by atoms with van der Waals surface area (Å²) in [7, 11) is 0. The smallest absolute Gasteiger partial charge is 0.221 e. The average Bonchev–Trinajstić information content (AvgIpc) is 2.84. The Morgan fingerprint density at radius 3 is 2.48 bits per heavy atom. The Morgan fingerprint density at radius 2 is 1.76 bits per heavy atom. The minimum absolute atomic E-state index is 0.0338. The summed E-state index contributed by atoms with van der Waals surface area (Å²) in [6.07, 6.45) is 0.865. The summed E-state index contributed by atoms with van der Waals surface area (Å²) < 4.78 is 11.3. The number of hydrogen-bond acceptors (Lipinski definition) is 5. The molecule has 2 aromatic carbocycles. The van der Waals surface area contributed by atoms with Gasteiger partial charge in [0.2, 0.25) is 5.91 Å². The second-order valence-electron chi connectivity index (χ2n) is 5.63. The number of fused-ring (bicyclic) bond motifs is 1. The molecule has 0 atom stereocenters. The van der Waals surface area contributed by atoms with Gasteiger partial charge in [-0.15, -0.1) is 11.8 Å². The van der Waals surface area contributed by atoms with Crippen molar-refractivity contribution in [1.29, 1.82) is 0 Å². The third kappa shape index (κ3) is 4.76. The van der Waals surface area contributed by atoms with Crippen molar-refractivity contribution in [2.75, 3.05) is 24.3 Å². The highest BCUT2D eigenvalue weighted by atomic mass is 32.2. The number of ether oxygens (including phenoxy) is 2. The van der Waals surface area contributed by atoms with Crippen LogP contribution in [0.4, 0.5) is 5.69 Å². The summed E-state index contributed by atoms with van der Waals surface area (Å²) in [5, 5.41) is 2.68. The maximum absolute atomic E-state index is 12.3. The highest BCUT2D eigenvalue weighted by molar-refractivity contribution is 8.00. The van der Waals surface area contributed by atoms with Crippen LogP contribution in [-0.4, -0.2) is 30.7 Å². The van der Waals surface area contributed by atoms with Gasteiger partial charge in [0.15, 0.2) is 17.3 Å². The number of amides is 1. The summed E-state index contributed by atoms with van der Waals surface area (Å²) in [4.78, 5) is 24.3. The number of benzene rings is 2. The van der Waals surface area contributed by atoms with Gasteiger partial charge >= 0.3 is 0 Å². The van der Waals surface area contributed by atoms with E-state index in [9.17, 15) is 9.59 Å². The Bertz CT molecular complexity index is 773. The largest absolute Gasteiger partial charge is 0.490 e. The molecule has 0 radical (unpaired) electrons. The van der Waals surface area contributed by atoms with Crippen LogP contribution in [0, 0.1) is 0 Å². The van der Waals surface area contributed by atoms with E-state index in [1.165, 1.54) is 18.7 Å². The molecule has 1 N–H and O–H groups in total. The molecule has 0 aliphatic carbocycles. The van der Waals surface area contributed by atoms with Crippen LogP contribution < -0.4 is 14.8 Å². The van der Waals surface area contributed by atoms with Crippen LogP contribution in [0.1, 0.15) is 23.7 Å². The van der Waals surface area contributed by atoms with Crippen molar-refractivity contribution < 1.29 is 19.1 Å².